The largest absolute Gasteiger partial charge is 0.862 e. The van der Waals surface area contributed by atoms with Crippen molar-refractivity contribution in [3.05, 3.63) is 0 Å². The van der Waals surface area contributed by atoms with Crippen molar-refractivity contribution in [3.8, 4) is 0 Å². The minimum atomic E-state index is -3.66. The summed E-state index contributed by atoms with van der Waals surface area (Å²) in [6.45, 7) is 1.46. The average Bonchev–Trinajstić information content (AvgIpc) is 2.32. The van der Waals surface area contributed by atoms with Crippen LogP contribution in [0.15, 0.2) is 4.99 Å². The van der Waals surface area contributed by atoms with Gasteiger partial charge in [-0.1, -0.05) is 0 Å². The van der Waals surface area contributed by atoms with Crippen LogP contribution in [0.3, 0.4) is 0 Å². The normalized spacial score (nSPS) is 17.8. The Morgan fingerprint density at radius 3 is 2.38 bits per heavy atom. The van der Waals surface area contributed by atoms with E-state index in [0.29, 0.717) is 0 Å². The average molecular weight is 323 g/mol. The van der Waals surface area contributed by atoms with Gasteiger partial charge in [0.15, 0.2) is 0 Å². The first kappa shape index (κ1) is 19.6. The zero-order valence-electron chi connectivity index (χ0n) is 11.6. The third-order valence-electron chi connectivity index (χ3n) is 2.58. The molecule has 21 heavy (non-hydrogen) atoms. The van der Waals surface area contributed by atoms with Gasteiger partial charge in [0.05, 0.1) is 12.5 Å². The second kappa shape index (κ2) is 8.76. The van der Waals surface area contributed by atoms with Gasteiger partial charge in [0.2, 0.25) is 7.37 Å². The van der Waals surface area contributed by atoms with Gasteiger partial charge in [-0.2, -0.15) is 0 Å². The Labute approximate surface area is 122 Å². The Morgan fingerprint density at radius 2 is 1.90 bits per heavy atom. The van der Waals surface area contributed by atoms with Gasteiger partial charge in [-0.25, -0.2) is 0 Å². The predicted octanol–water partition coefficient (Wildman–Crippen LogP) is -0.929. The van der Waals surface area contributed by atoms with Gasteiger partial charge in [0.1, 0.15) is 6.04 Å². The number of rotatable bonds is 10. The van der Waals surface area contributed by atoms with Crippen LogP contribution in [0, 0.1) is 0 Å². The van der Waals surface area contributed by atoms with Crippen LogP contribution in [0.5, 0.6) is 0 Å². The molecule has 0 aliphatic rings. The van der Waals surface area contributed by atoms with E-state index in [2.05, 4.69) is 4.99 Å². The molecule has 0 aromatic heterocycles. The van der Waals surface area contributed by atoms with E-state index in [1.807, 2.05) is 0 Å². The number of nitrogens with two attached hydrogens (primary N) is 1. The lowest BCUT2D eigenvalue weighted by atomic mass is 10.2. The van der Waals surface area contributed by atoms with Gasteiger partial charge in [0, 0.05) is 12.3 Å². The topological polar surface area (TPSA) is 173 Å². The van der Waals surface area contributed by atoms with Crippen LogP contribution in [0.4, 0.5) is 0 Å². The molecule has 0 aliphatic heterocycles. The molecule has 0 aliphatic carbocycles. The molecule has 0 fully saturated rings. The Kier molecular flexibility index (Phi) is 8.16. The number of aliphatic imine (C=N–C) groups is 1. The van der Waals surface area contributed by atoms with E-state index >= 15 is 0 Å². The van der Waals surface area contributed by atoms with Crippen molar-refractivity contribution in [2.24, 2.45) is 10.7 Å². The summed E-state index contributed by atoms with van der Waals surface area (Å²) in [6, 6.07) is -1.90. The van der Waals surface area contributed by atoms with Crippen molar-refractivity contribution in [1.29, 1.82) is 0 Å². The molecule has 0 amide bonds. The minimum absolute atomic E-state index is 0.0693. The Hall–Kier alpha value is -1.44. The van der Waals surface area contributed by atoms with Crippen molar-refractivity contribution >= 4 is 25.2 Å². The fourth-order valence-electron chi connectivity index (χ4n) is 1.53. The highest BCUT2D eigenvalue weighted by molar-refractivity contribution is 7.58. The summed E-state index contributed by atoms with van der Waals surface area (Å²) < 4.78 is 11.7. The molecule has 122 valence electrons. The fourth-order valence-corrected chi connectivity index (χ4v) is 3.16. The van der Waals surface area contributed by atoms with Crippen molar-refractivity contribution in [3.63, 3.8) is 0 Å². The summed E-state index contributed by atoms with van der Waals surface area (Å²) in [5.41, 5.74) is 5.23. The van der Waals surface area contributed by atoms with Crippen molar-refractivity contribution in [2.75, 3.05) is 12.3 Å². The van der Waals surface area contributed by atoms with Gasteiger partial charge >= 0.3 is 11.9 Å². The third kappa shape index (κ3) is 10.0. The van der Waals surface area contributed by atoms with Crippen LogP contribution in [0.1, 0.15) is 26.2 Å². The van der Waals surface area contributed by atoms with Crippen LogP contribution in [0.25, 0.3) is 0 Å². The molecule has 0 aromatic carbocycles. The van der Waals surface area contributed by atoms with Crippen molar-refractivity contribution < 1.29 is 34.4 Å². The Bertz CT molecular complexity index is 452. The Balaban J connectivity index is 4.35. The van der Waals surface area contributed by atoms with E-state index in [-0.39, 0.29) is 25.2 Å². The van der Waals surface area contributed by atoms with Crippen molar-refractivity contribution in [2.45, 2.75) is 38.3 Å². The second-order valence-corrected chi connectivity index (χ2v) is 7.26. The van der Waals surface area contributed by atoms with Crippen LogP contribution in [-0.2, 0) is 14.2 Å². The first-order chi connectivity index (χ1) is 9.53. The molecule has 0 bridgehead atoms. The maximum absolute atomic E-state index is 11.7. The zero-order valence-corrected chi connectivity index (χ0v) is 12.5. The first-order valence-corrected chi connectivity index (χ1v) is 8.31. The smallest absolute Gasteiger partial charge is 0.320 e. The molecule has 0 radical (unpaired) electrons. The molecular formula is C11H20N2O7P-. The maximum Gasteiger partial charge on any atom is 0.320 e. The van der Waals surface area contributed by atoms with E-state index in [1.54, 1.807) is 0 Å². The predicted molar refractivity (Wildman–Crippen MR) is 73.6 cm³/mol. The molecule has 0 saturated carbocycles. The highest BCUT2D eigenvalue weighted by Gasteiger charge is 2.22. The summed E-state index contributed by atoms with van der Waals surface area (Å²) in [7, 11) is -3.66. The van der Waals surface area contributed by atoms with Gasteiger partial charge in [-0.15, -0.1) is 0 Å². The Morgan fingerprint density at radius 1 is 1.33 bits per heavy atom. The molecule has 0 saturated heterocycles. The molecule has 3 atom stereocenters. The molecule has 0 heterocycles. The highest BCUT2D eigenvalue weighted by Crippen LogP contribution is 2.42. The first-order valence-electron chi connectivity index (χ1n) is 6.28. The lowest BCUT2D eigenvalue weighted by Gasteiger charge is -2.18. The summed E-state index contributed by atoms with van der Waals surface area (Å²) in [5, 5.41) is 28.5. The van der Waals surface area contributed by atoms with E-state index in [0.717, 1.165) is 0 Å². The number of carboxylic acids is 2. The van der Waals surface area contributed by atoms with E-state index < -0.39 is 43.7 Å². The molecule has 5 N–H and O–H groups in total. The number of carbonyl (C=O) groups is 2. The van der Waals surface area contributed by atoms with Gasteiger partial charge in [-0.05, 0) is 25.7 Å². The molecular weight excluding hydrogens is 303 g/mol. The van der Waals surface area contributed by atoms with Crippen LogP contribution in [-0.4, -0.2) is 57.4 Å². The summed E-state index contributed by atoms with van der Waals surface area (Å²) >= 11 is 0. The van der Waals surface area contributed by atoms with Gasteiger partial charge in [0.25, 0.3) is 0 Å². The quantitative estimate of drug-likeness (QED) is 0.226. The number of hydrogen-bond acceptors (Lipinski definition) is 6. The number of nitrogens with zero attached hydrogens (tertiary/aromatic N) is 1. The number of hydrogen-bond donors (Lipinski definition) is 4. The van der Waals surface area contributed by atoms with E-state index in [9.17, 15) is 24.2 Å². The summed E-state index contributed by atoms with van der Waals surface area (Å²) in [4.78, 5) is 34.0. The zero-order chi connectivity index (χ0) is 16.6. The highest BCUT2D eigenvalue weighted by atomic mass is 31.2. The standard InChI is InChI=1S/C11H21N2O7P/c1-7(6-21(19,20)5-4-10(15)16)13-9(14)3-2-8(12)11(17)18/h7-8H,2-6,12H2,1H3,(H,13,14)(H,15,16)(H,17,18)(H,19,20)/p-1/t7-,8-/m0/s1. The van der Waals surface area contributed by atoms with Crippen LogP contribution >= 0.6 is 7.37 Å². The van der Waals surface area contributed by atoms with Gasteiger partial charge < -0.3 is 30.9 Å². The SMILES string of the molecule is C[C@@H](CP(=O)(O)CCC(=O)O)N=C([O-])CC[C@H](N)C(=O)O. The lowest BCUT2D eigenvalue weighted by Crippen LogP contribution is -2.32. The van der Waals surface area contributed by atoms with Crippen LogP contribution in [0.2, 0.25) is 0 Å². The van der Waals surface area contributed by atoms with Crippen molar-refractivity contribution in [1.82, 2.24) is 0 Å². The molecule has 1 unspecified atom stereocenters. The number of aliphatic carboxylic acids is 2. The lowest BCUT2D eigenvalue weighted by molar-refractivity contribution is -0.219. The molecule has 10 heteroatoms. The van der Waals surface area contributed by atoms with Gasteiger partial charge in [-0.3, -0.25) is 14.2 Å². The molecule has 0 aromatic rings. The molecule has 9 nitrogen and oxygen atoms in total. The summed E-state index contributed by atoms with van der Waals surface area (Å²) in [5.74, 6) is -2.99. The number of carboxylic acid groups (broad SMARTS) is 2. The van der Waals surface area contributed by atoms with Crippen LogP contribution < -0.4 is 10.8 Å². The monoisotopic (exact) mass is 323 g/mol. The molecule has 0 spiro atoms. The second-order valence-electron chi connectivity index (χ2n) is 4.75. The van der Waals surface area contributed by atoms with E-state index in [4.69, 9.17) is 15.9 Å². The summed E-state index contributed by atoms with van der Waals surface area (Å²) in [6.07, 6.45) is -1.33. The minimum Gasteiger partial charge on any atom is -0.862 e. The maximum atomic E-state index is 11.7. The van der Waals surface area contributed by atoms with E-state index in [1.165, 1.54) is 6.92 Å². The molecule has 0 rings (SSSR count). The fraction of sp³-hybridized carbons (Fsp3) is 0.727. The third-order valence-corrected chi connectivity index (χ3v) is 4.60.